The Balaban J connectivity index is 1.62. The fourth-order valence-corrected chi connectivity index (χ4v) is 2.85. The smallest absolute Gasteiger partial charge is 0.336 e. The van der Waals surface area contributed by atoms with Crippen molar-refractivity contribution in [2.75, 3.05) is 13.2 Å². The SMILES string of the molecule is Cc1ccc(OCC[NH2+]Cc2cc(=O)oc3c(C)c(C)ccc23)cc1. The van der Waals surface area contributed by atoms with Gasteiger partial charge in [-0.2, -0.15) is 0 Å². The second-order valence-electron chi connectivity index (χ2n) is 6.42. The van der Waals surface area contributed by atoms with Crippen molar-refractivity contribution in [1.82, 2.24) is 0 Å². The molecule has 0 saturated heterocycles. The summed E-state index contributed by atoms with van der Waals surface area (Å²) in [6, 6.07) is 13.7. The molecule has 1 aromatic heterocycles. The van der Waals surface area contributed by atoms with Crippen LogP contribution >= 0.6 is 0 Å². The summed E-state index contributed by atoms with van der Waals surface area (Å²) < 4.78 is 11.1. The summed E-state index contributed by atoms with van der Waals surface area (Å²) in [6.45, 7) is 8.24. The van der Waals surface area contributed by atoms with Crippen LogP contribution in [0.1, 0.15) is 22.3 Å². The number of aryl methyl sites for hydroxylation is 3. The van der Waals surface area contributed by atoms with Gasteiger partial charge in [0, 0.05) is 17.0 Å². The first-order chi connectivity index (χ1) is 12.0. The molecule has 2 aromatic carbocycles. The van der Waals surface area contributed by atoms with E-state index in [2.05, 4.69) is 18.3 Å². The molecule has 3 aromatic rings. The van der Waals surface area contributed by atoms with Gasteiger partial charge in [0.05, 0.1) is 0 Å². The zero-order valence-corrected chi connectivity index (χ0v) is 15.0. The molecule has 0 aliphatic heterocycles. The number of quaternary nitrogens is 1. The van der Waals surface area contributed by atoms with E-state index in [0.717, 1.165) is 40.9 Å². The standard InChI is InChI=1S/C21H23NO3/c1-14-4-7-18(8-5-14)24-11-10-22-13-17-12-20(23)25-21-16(3)15(2)6-9-19(17)21/h4-9,12,22H,10-11,13H2,1-3H3/p+1. The number of fused-ring (bicyclic) bond motifs is 1. The summed E-state index contributed by atoms with van der Waals surface area (Å²) in [5.41, 5.74) is 4.79. The Hall–Kier alpha value is -2.59. The van der Waals surface area contributed by atoms with Crippen molar-refractivity contribution in [3.05, 3.63) is 75.1 Å². The Morgan fingerprint density at radius 2 is 1.80 bits per heavy atom. The minimum Gasteiger partial charge on any atom is -0.488 e. The van der Waals surface area contributed by atoms with Gasteiger partial charge >= 0.3 is 5.63 Å². The zero-order valence-electron chi connectivity index (χ0n) is 15.0. The van der Waals surface area contributed by atoms with Crippen LogP contribution < -0.4 is 15.7 Å². The monoisotopic (exact) mass is 338 g/mol. The molecule has 0 radical (unpaired) electrons. The Morgan fingerprint density at radius 1 is 1.04 bits per heavy atom. The molecular weight excluding hydrogens is 314 g/mol. The molecule has 1 heterocycles. The summed E-state index contributed by atoms with van der Waals surface area (Å²) in [4.78, 5) is 11.9. The second-order valence-corrected chi connectivity index (χ2v) is 6.42. The van der Waals surface area contributed by atoms with E-state index in [1.165, 1.54) is 5.56 Å². The van der Waals surface area contributed by atoms with Crippen LogP contribution in [0, 0.1) is 20.8 Å². The molecule has 25 heavy (non-hydrogen) atoms. The first kappa shape index (κ1) is 17.2. The van der Waals surface area contributed by atoms with Crippen LogP contribution in [0.4, 0.5) is 0 Å². The number of benzene rings is 2. The first-order valence-corrected chi connectivity index (χ1v) is 8.58. The Bertz CT molecular complexity index is 926. The molecule has 0 amide bonds. The highest BCUT2D eigenvalue weighted by atomic mass is 16.5. The quantitative estimate of drug-likeness (QED) is 0.555. The maximum atomic E-state index is 11.9. The minimum atomic E-state index is -0.291. The van der Waals surface area contributed by atoms with Gasteiger partial charge in [-0.1, -0.05) is 29.8 Å². The van der Waals surface area contributed by atoms with Crippen LogP contribution in [0.3, 0.4) is 0 Å². The summed E-state index contributed by atoms with van der Waals surface area (Å²) in [5.74, 6) is 0.885. The molecule has 0 unspecified atom stereocenters. The molecule has 0 fully saturated rings. The number of hydrogen-bond donors (Lipinski definition) is 1. The van der Waals surface area contributed by atoms with E-state index in [1.54, 1.807) is 6.07 Å². The molecule has 0 saturated carbocycles. The molecule has 0 bridgehead atoms. The number of ether oxygens (including phenoxy) is 1. The first-order valence-electron chi connectivity index (χ1n) is 8.58. The molecule has 0 aliphatic rings. The van der Waals surface area contributed by atoms with Crippen LogP contribution in [0.5, 0.6) is 5.75 Å². The highest BCUT2D eigenvalue weighted by molar-refractivity contribution is 5.83. The van der Waals surface area contributed by atoms with Crippen molar-refractivity contribution in [3.63, 3.8) is 0 Å². The van der Waals surface area contributed by atoms with E-state index >= 15 is 0 Å². The average molecular weight is 338 g/mol. The lowest BCUT2D eigenvalue weighted by Gasteiger charge is -2.09. The second kappa shape index (κ2) is 7.53. The highest BCUT2D eigenvalue weighted by Crippen LogP contribution is 2.22. The van der Waals surface area contributed by atoms with Gasteiger partial charge in [0.1, 0.15) is 31.0 Å². The predicted octanol–water partition coefficient (Wildman–Crippen LogP) is 2.86. The number of rotatable bonds is 6. The molecule has 130 valence electrons. The van der Waals surface area contributed by atoms with Crippen LogP contribution in [-0.2, 0) is 6.54 Å². The third-order valence-corrected chi connectivity index (χ3v) is 4.49. The van der Waals surface area contributed by atoms with Crippen molar-refractivity contribution >= 4 is 11.0 Å². The van der Waals surface area contributed by atoms with E-state index in [1.807, 2.05) is 44.2 Å². The van der Waals surface area contributed by atoms with Gasteiger partial charge < -0.3 is 14.5 Å². The zero-order chi connectivity index (χ0) is 17.8. The Labute approximate surface area is 147 Å². The molecule has 4 heteroatoms. The van der Waals surface area contributed by atoms with Gasteiger partial charge in [-0.15, -0.1) is 0 Å². The molecule has 0 spiro atoms. The Kier molecular flexibility index (Phi) is 5.19. The average Bonchev–Trinajstić information content (AvgIpc) is 2.60. The van der Waals surface area contributed by atoms with Crippen LogP contribution in [0.25, 0.3) is 11.0 Å². The summed E-state index contributed by atoms with van der Waals surface area (Å²) in [7, 11) is 0. The fraction of sp³-hybridized carbons (Fsp3) is 0.286. The van der Waals surface area contributed by atoms with Crippen molar-refractivity contribution in [2.45, 2.75) is 27.3 Å². The lowest BCUT2D eigenvalue weighted by atomic mass is 10.0. The maximum Gasteiger partial charge on any atom is 0.336 e. The molecule has 3 rings (SSSR count). The third-order valence-electron chi connectivity index (χ3n) is 4.49. The number of hydrogen-bond acceptors (Lipinski definition) is 3. The van der Waals surface area contributed by atoms with Gasteiger partial charge in [0.15, 0.2) is 0 Å². The lowest BCUT2D eigenvalue weighted by Crippen LogP contribution is -2.83. The van der Waals surface area contributed by atoms with Gasteiger partial charge in [-0.05, 0) is 44.0 Å². The van der Waals surface area contributed by atoms with Gasteiger partial charge in [-0.25, -0.2) is 4.79 Å². The third kappa shape index (κ3) is 4.09. The predicted molar refractivity (Wildman–Crippen MR) is 99.1 cm³/mol. The number of nitrogens with two attached hydrogens (primary N) is 1. The summed E-state index contributed by atoms with van der Waals surface area (Å²) in [5, 5.41) is 3.16. The maximum absolute atomic E-state index is 11.9. The minimum absolute atomic E-state index is 0.291. The molecular formula is C21H24NO3+. The van der Waals surface area contributed by atoms with Crippen LogP contribution in [0.2, 0.25) is 0 Å². The fourth-order valence-electron chi connectivity index (χ4n) is 2.85. The molecule has 0 atom stereocenters. The molecule has 2 N–H and O–H groups in total. The Morgan fingerprint density at radius 3 is 2.56 bits per heavy atom. The normalized spacial score (nSPS) is 11.0. The van der Waals surface area contributed by atoms with Crippen LogP contribution in [0.15, 0.2) is 51.7 Å². The topological polar surface area (TPSA) is 56.0 Å². The summed E-state index contributed by atoms with van der Waals surface area (Å²) in [6.07, 6.45) is 0. The van der Waals surface area contributed by atoms with Crippen molar-refractivity contribution in [3.8, 4) is 5.75 Å². The summed E-state index contributed by atoms with van der Waals surface area (Å²) >= 11 is 0. The lowest BCUT2D eigenvalue weighted by molar-refractivity contribution is -0.671. The van der Waals surface area contributed by atoms with E-state index < -0.39 is 0 Å². The van der Waals surface area contributed by atoms with E-state index in [4.69, 9.17) is 9.15 Å². The van der Waals surface area contributed by atoms with Crippen LogP contribution in [-0.4, -0.2) is 13.2 Å². The van der Waals surface area contributed by atoms with E-state index in [-0.39, 0.29) is 5.63 Å². The highest BCUT2D eigenvalue weighted by Gasteiger charge is 2.10. The van der Waals surface area contributed by atoms with Crippen molar-refractivity contribution < 1.29 is 14.5 Å². The molecule has 0 aliphatic carbocycles. The largest absolute Gasteiger partial charge is 0.488 e. The van der Waals surface area contributed by atoms with Gasteiger partial charge in [-0.3, -0.25) is 0 Å². The van der Waals surface area contributed by atoms with Crippen molar-refractivity contribution in [1.29, 1.82) is 0 Å². The van der Waals surface area contributed by atoms with E-state index in [9.17, 15) is 4.79 Å². The molecule has 4 nitrogen and oxygen atoms in total. The van der Waals surface area contributed by atoms with Gasteiger partial charge in [0.25, 0.3) is 0 Å². The van der Waals surface area contributed by atoms with Crippen molar-refractivity contribution in [2.24, 2.45) is 0 Å². The van der Waals surface area contributed by atoms with Gasteiger partial charge in [0.2, 0.25) is 0 Å². The van der Waals surface area contributed by atoms with E-state index in [0.29, 0.717) is 12.2 Å².